The Hall–Kier alpha value is -2.48. The first-order valence-electron chi connectivity index (χ1n) is 7.64. The number of halogens is 4. The van der Waals surface area contributed by atoms with Gasteiger partial charge in [-0.15, -0.1) is 0 Å². The lowest BCUT2D eigenvalue weighted by Gasteiger charge is -2.22. The number of alkyl halides is 3. The summed E-state index contributed by atoms with van der Waals surface area (Å²) in [5, 5.41) is 6.97. The number of aryl methyl sites for hydroxylation is 2. The van der Waals surface area contributed by atoms with Crippen LogP contribution in [0.3, 0.4) is 0 Å². The summed E-state index contributed by atoms with van der Waals surface area (Å²) >= 11 is 5.87. The molecule has 138 valence electrons. The third-order valence-corrected chi connectivity index (χ3v) is 4.39. The summed E-state index contributed by atoms with van der Waals surface area (Å²) in [6.45, 7) is 2.99. The fourth-order valence-electron chi connectivity index (χ4n) is 2.85. The van der Waals surface area contributed by atoms with E-state index in [4.69, 9.17) is 16.0 Å². The second-order valence-corrected chi connectivity index (χ2v) is 6.39. The molecule has 1 amide bonds. The van der Waals surface area contributed by atoms with Gasteiger partial charge in [-0.25, -0.2) is 0 Å². The number of carbonyl (C=O) groups is 1. The van der Waals surface area contributed by atoms with Gasteiger partial charge in [0.15, 0.2) is 11.8 Å². The summed E-state index contributed by atoms with van der Waals surface area (Å²) in [6.07, 6.45) is -4.69. The van der Waals surface area contributed by atoms with Gasteiger partial charge in [0.25, 0.3) is 5.91 Å². The molecule has 2 aromatic heterocycles. The lowest BCUT2D eigenvalue weighted by atomic mass is 10.0. The van der Waals surface area contributed by atoms with Crippen molar-refractivity contribution in [3.8, 4) is 0 Å². The van der Waals surface area contributed by atoms with Crippen LogP contribution in [-0.2, 0) is 7.05 Å². The van der Waals surface area contributed by atoms with E-state index in [1.807, 2.05) is 5.32 Å². The average Bonchev–Trinajstić information content (AvgIpc) is 3.05. The highest BCUT2D eigenvalue weighted by Gasteiger charge is 2.45. The number of benzene rings is 1. The molecule has 3 rings (SSSR count). The van der Waals surface area contributed by atoms with E-state index in [2.05, 4.69) is 5.10 Å². The van der Waals surface area contributed by atoms with Crippen LogP contribution in [0.5, 0.6) is 0 Å². The first-order valence-corrected chi connectivity index (χ1v) is 8.02. The quantitative estimate of drug-likeness (QED) is 0.723. The van der Waals surface area contributed by atoms with Gasteiger partial charge in [-0.3, -0.25) is 9.48 Å². The Kier molecular flexibility index (Phi) is 4.47. The molecule has 0 saturated heterocycles. The Morgan fingerprint density at radius 3 is 2.58 bits per heavy atom. The van der Waals surface area contributed by atoms with Crippen LogP contribution >= 0.6 is 11.6 Å². The van der Waals surface area contributed by atoms with E-state index in [0.717, 1.165) is 0 Å². The molecule has 0 spiro atoms. The van der Waals surface area contributed by atoms with Crippen molar-refractivity contribution in [1.82, 2.24) is 15.1 Å². The van der Waals surface area contributed by atoms with Crippen molar-refractivity contribution >= 4 is 28.5 Å². The first kappa shape index (κ1) is 18.3. The molecule has 0 unspecified atom stereocenters. The van der Waals surface area contributed by atoms with Gasteiger partial charge >= 0.3 is 6.18 Å². The van der Waals surface area contributed by atoms with E-state index in [0.29, 0.717) is 21.7 Å². The number of fused-ring (bicyclic) bond motifs is 1. The number of nitrogens with one attached hydrogen (secondary N) is 1. The number of nitrogens with zero attached hydrogens (tertiary/aromatic N) is 2. The minimum atomic E-state index is -4.69. The molecule has 26 heavy (non-hydrogen) atoms. The van der Waals surface area contributed by atoms with Crippen LogP contribution in [0.4, 0.5) is 13.2 Å². The summed E-state index contributed by atoms with van der Waals surface area (Å²) in [7, 11) is 1.55. The van der Waals surface area contributed by atoms with E-state index in [1.54, 1.807) is 25.2 Å². The van der Waals surface area contributed by atoms with Crippen molar-refractivity contribution in [1.29, 1.82) is 0 Å². The minimum absolute atomic E-state index is 0.0764. The monoisotopic (exact) mass is 385 g/mol. The lowest BCUT2D eigenvalue weighted by molar-refractivity contribution is -0.155. The zero-order chi connectivity index (χ0) is 19.2. The van der Waals surface area contributed by atoms with Crippen LogP contribution in [0.1, 0.15) is 33.5 Å². The average molecular weight is 386 g/mol. The molecule has 0 bridgehead atoms. The molecule has 0 aliphatic rings. The highest BCUT2D eigenvalue weighted by atomic mass is 35.5. The van der Waals surface area contributed by atoms with Crippen molar-refractivity contribution in [2.45, 2.75) is 26.1 Å². The zero-order valence-corrected chi connectivity index (χ0v) is 14.9. The Morgan fingerprint density at radius 1 is 1.31 bits per heavy atom. The molecule has 1 aromatic carbocycles. The van der Waals surface area contributed by atoms with Crippen LogP contribution in [0, 0.1) is 13.8 Å². The largest absolute Gasteiger partial charge is 0.451 e. The molecule has 2 heterocycles. The van der Waals surface area contributed by atoms with Crippen LogP contribution in [0.25, 0.3) is 11.0 Å². The number of amides is 1. The van der Waals surface area contributed by atoms with Crippen molar-refractivity contribution in [2.24, 2.45) is 7.05 Å². The molecule has 9 heteroatoms. The van der Waals surface area contributed by atoms with E-state index >= 15 is 0 Å². The Bertz CT molecular complexity index is 991. The standard InChI is InChI=1S/C17H15ClF3N3O2/c1-8-14(9(2)24(3)23-8)15(17(19,20)21)22-16(25)13-7-10-6-11(18)4-5-12(10)26-13/h4-7,15H,1-3H3,(H,22,25)/t15-/m0/s1. The third kappa shape index (κ3) is 3.29. The predicted octanol–water partition coefficient (Wildman–Crippen LogP) is 4.47. The van der Waals surface area contributed by atoms with Gasteiger partial charge in [-0.1, -0.05) is 11.6 Å². The molecule has 5 nitrogen and oxygen atoms in total. The molecule has 0 fully saturated rings. The smallest absolute Gasteiger partial charge is 0.413 e. The SMILES string of the molecule is Cc1nn(C)c(C)c1[C@H](NC(=O)c1cc2cc(Cl)ccc2o1)C(F)(F)F. The maximum Gasteiger partial charge on any atom is 0.413 e. The molecule has 3 aromatic rings. The van der Waals surface area contributed by atoms with E-state index < -0.39 is 18.1 Å². The normalized spacial score (nSPS) is 13.2. The van der Waals surface area contributed by atoms with E-state index in [1.165, 1.54) is 24.6 Å². The van der Waals surface area contributed by atoms with Gasteiger partial charge in [0.2, 0.25) is 0 Å². The van der Waals surface area contributed by atoms with Gasteiger partial charge in [-0.2, -0.15) is 18.3 Å². The fraction of sp³-hybridized carbons (Fsp3) is 0.294. The number of rotatable bonds is 3. The number of aromatic nitrogens is 2. The number of hydrogen-bond donors (Lipinski definition) is 1. The molecule has 1 N–H and O–H groups in total. The Balaban J connectivity index is 1.97. The van der Waals surface area contributed by atoms with Crippen molar-refractivity contribution < 1.29 is 22.4 Å². The van der Waals surface area contributed by atoms with Crippen LogP contribution in [-0.4, -0.2) is 21.9 Å². The van der Waals surface area contributed by atoms with Crippen LogP contribution in [0.2, 0.25) is 5.02 Å². The van der Waals surface area contributed by atoms with Crippen LogP contribution in [0.15, 0.2) is 28.7 Å². The second kappa shape index (κ2) is 6.35. The van der Waals surface area contributed by atoms with Crippen molar-refractivity contribution in [3.05, 3.63) is 52.0 Å². The van der Waals surface area contributed by atoms with Crippen molar-refractivity contribution in [3.63, 3.8) is 0 Å². The summed E-state index contributed by atoms with van der Waals surface area (Å²) in [5.74, 6) is -1.20. The molecular weight excluding hydrogens is 371 g/mol. The molecule has 0 aliphatic carbocycles. The van der Waals surface area contributed by atoms with Gasteiger partial charge in [0.1, 0.15) is 5.58 Å². The summed E-state index contributed by atoms with van der Waals surface area (Å²) in [5.41, 5.74) is 0.801. The van der Waals surface area contributed by atoms with Gasteiger partial charge in [0, 0.05) is 28.7 Å². The Labute approximate surface area is 151 Å². The van der Waals surface area contributed by atoms with Gasteiger partial charge < -0.3 is 9.73 Å². The topological polar surface area (TPSA) is 60.1 Å². The molecule has 0 aliphatic heterocycles. The van der Waals surface area contributed by atoms with Gasteiger partial charge in [0.05, 0.1) is 5.69 Å². The highest BCUT2D eigenvalue weighted by molar-refractivity contribution is 6.31. The molecule has 0 radical (unpaired) electrons. The second-order valence-electron chi connectivity index (χ2n) is 5.95. The molecule has 1 atom stereocenters. The van der Waals surface area contributed by atoms with Crippen molar-refractivity contribution in [2.75, 3.05) is 0 Å². The summed E-state index contributed by atoms with van der Waals surface area (Å²) in [6, 6.07) is 3.84. The summed E-state index contributed by atoms with van der Waals surface area (Å²) < 4.78 is 47.5. The molecule has 0 saturated carbocycles. The fourth-order valence-corrected chi connectivity index (χ4v) is 3.03. The third-order valence-electron chi connectivity index (χ3n) is 4.16. The summed E-state index contributed by atoms with van der Waals surface area (Å²) in [4.78, 5) is 12.4. The zero-order valence-electron chi connectivity index (χ0n) is 14.1. The van der Waals surface area contributed by atoms with Gasteiger partial charge in [-0.05, 0) is 38.1 Å². The first-order chi connectivity index (χ1) is 12.1. The number of furan rings is 1. The molecular formula is C17H15ClF3N3O2. The lowest BCUT2D eigenvalue weighted by Crippen LogP contribution is -2.38. The Morgan fingerprint density at radius 2 is 2.00 bits per heavy atom. The number of hydrogen-bond acceptors (Lipinski definition) is 3. The minimum Gasteiger partial charge on any atom is -0.451 e. The predicted molar refractivity (Wildman–Crippen MR) is 90.2 cm³/mol. The van der Waals surface area contributed by atoms with Crippen LogP contribution < -0.4 is 5.32 Å². The number of carbonyl (C=O) groups excluding carboxylic acids is 1. The van der Waals surface area contributed by atoms with E-state index in [9.17, 15) is 18.0 Å². The van der Waals surface area contributed by atoms with E-state index in [-0.39, 0.29) is 17.0 Å². The maximum absolute atomic E-state index is 13.6. The highest BCUT2D eigenvalue weighted by Crippen LogP contribution is 2.36. The maximum atomic E-state index is 13.6.